The lowest BCUT2D eigenvalue weighted by Crippen LogP contribution is -2.23. The molecule has 4 aromatic rings. The number of alkyl halides is 3. The highest BCUT2D eigenvalue weighted by atomic mass is 19.4. The molecule has 1 aromatic heterocycles. The molecule has 0 saturated carbocycles. The van der Waals surface area contributed by atoms with Gasteiger partial charge in [-0.25, -0.2) is 4.79 Å². The number of halogens is 3. The molecule has 0 spiro atoms. The van der Waals surface area contributed by atoms with Gasteiger partial charge in [-0.3, -0.25) is 4.79 Å². The molecule has 1 heterocycles. The Balaban J connectivity index is 1.51. The Hall–Kier alpha value is -4.34. The monoisotopic (exact) mass is 498 g/mol. The van der Waals surface area contributed by atoms with E-state index in [0.29, 0.717) is 11.5 Å². The summed E-state index contributed by atoms with van der Waals surface area (Å²) in [6, 6.07) is 15.0. The second-order valence-corrected chi connectivity index (χ2v) is 7.95. The van der Waals surface area contributed by atoms with Crippen molar-refractivity contribution in [1.29, 1.82) is 0 Å². The van der Waals surface area contributed by atoms with E-state index in [2.05, 4.69) is 10.5 Å². The Kier molecular flexibility index (Phi) is 6.96. The van der Waals surface area contributed by atoms with E-state index in [-0.39, 0.29) is 17.9 Å². The van der Waals surface area contributed by atoms with Gasteiger partial charge in [0.1, 0.15) is 23.7 Å². The minimum Gasteiger partial charge on any atom is -0.488 e. The van der Waals surface area contributed by atoms with Gasteiger partial charge in [0.25, 0.3) is 5.91 Å². The number of hydrogen-bond acceptors (Lipinski definition) is 6. The molecular formula is C26H21F3N2O5. The number of aromatic nitrogens is 1. The maximum absolute atomic E-state index is 13.2. The molecule has 10 heteroatoms. The topological polar surface area (TPSA) is 90.7 Å². The molecule has 1 amide bonds. The van der Waals surface area contributed by atoms with Crippen molar-refractivity contribution in [3.05, 3.63) is 88.8 Å². The van der Waals surface area contributed by atoms with Gasteiger partial charge in [0.05, 0.1) is 22.5 Å². The Morgan fingerprint density at radius 3 is 2.33 bits per heavy atom. The molecule has 0 aliphatic rings. The molecule has 0 bridgehead atoms. The van der Waals surface area contributed by atoms with E-state index in [1.807, 2.05) is 12.1 Å². The second-order valence-electron chi connectivity index (χ2n) is 7.95. The highest BCUT2D eigenvalue weighted by Gasteiger charge is 2.33. The Labute approximate surface area is 203 Å². The Bertz CT molecular complexity index is 1410. The number of amides is 1. The van der Waals surface area contributed by atoms with Crippen LogP contribution >= 0.6 is 0 Å². The maximum atomic E-state index is 13.2. The lowest BCUT2D eigenvalue weighted by Gasteiger charge is -2.14. The van der Waals surface area contributed by atoms with Gasteiger partial charge in [-0.2, -0.15) is 13.2 Å². The van der Waals surface area contributed by atoms with Crippen LogP contribution in [0.25, 0.3) is 10.8 Å². The standard InChI is InChI=1S/C26H21F3N2O5/c1-15-20(16(2)36-31-15)13-34-23-12-18-8-4-3-7-17(18)11-19(23)25(33)35-14-24(32)30-22-10-6-5-9-21(22)26(27,28)29/h3-12H,13-14H2,1-2H3,(H,30,32). The summed E-state index contributed by atoms with van der Waals surface area (Å²) < 4.78 is 55.7. The molecule has 0 saturated heterocycles. The molecule has 0 radical (unpaired) electrons. The van der Waals surface area contributed by atoms with Crippen LogP contribution in [0.15, 0.2) is 65.2 Å². The zero-order chi connectivity index (χ0) is 25.9. The van der Waals surface area contributed by atoms with E-state index in [1.165, 1.54) is 12.1 Å². The molecule has 0 aliphatic carbocycles. The van der Waals surface area contributed by atoms with Crippen molar-refractivity contribution in [1.82, 2.24) is 5.16 Å². The highest BCUT2D eigenvalue weighted by molar-refractivity contribution is 6.00. The van der Waals surface area contributed by atoms with E-state index >= 15 is 0 Å². The molecule has 0 aliphatic heterocycles. The predicted molar refractivity (Wildman–Crippen MR) is 125 cm³/mol. The number of anilines is 1. The van der Waals surface area contributed by atoms with Gasteiger partial charge < -0.3 is 19.3 Å². The van der Waals surface area contributed by atoms with E-state index in [1.54, 1.807) is 38.1 Å². The summed E-state index contributed by atoms with van der Waals surface area (Å²) in [5.74, 6) is -0.998. The quantitative estimate of drug-likeness (QED) is 0.322. The molecular weight excluding hydrogens is 477 g/mol. The van der Waals surface area contributed by atoms with Crippen molar-refractivity contribution < 1.29 is 36.8 Å². The summed E-state index contributed by atoms with van der Waals surface area (Å²) >= 11 is 0. The van der Waals surface area contributed by atoms with Crippen molar-refractivity contribution in [2.75, 3.05) is 11.9 Å². The summed E-state index contributed by atoms with van der Waals surface area (Å²) in [7, 11) is 0. The molecule has 0 unspecified atom stereocenters. The average molecular weight is 498 g/mol. The summed E-state index contributed by atoms with van der Waals surface area (Å²) in [4.78, 5) is 25.2. The number of carbonyl (C=O) groups excluding carboxylic acids is 2. The molecule has 0 atom stereocenters. The lowest BCUT2D eigenvalue weighted by atomic mass is 10.1. The van der Waals surface area contributed by atoms with Gasteiger partial charge in [0, 0.05) is 0 Å². The molecule has 4 rings (SSSR count). The minimum atomic E-state index is -4.65. The van der Waals surface area contributed by atoms with Crippen LogP contribution in [-0.2, 0) is 22.3 Å². The van der Waals surface area contributed by atoms with Crippen molar-refractivity contribution in [2.24, 2.45) is 0 Å². The van der Waals surface area contributed by atoms with Crippen LogP contribution in [0.5, 0.6) is 5.75 Å². The SMILES string of the molecule is Cc1noc(C)c1COc1cc2ccccc2cc1C(=O)OCC(=O)Nc1ccccc1C(F)(F)F. The predicted octanol–water partition coefficient (Wildman–Crippen LogP) is 5.84. The van der Waals surface area contributed by atoms with Crippen molar-refractivity contribution in [3.63, 3.8) is 0 Å². The fraction of sp³-hybridized carbons (Fsp3) is 0.192. The number of rotatable bonds is 7. The Morgan fingerprint density at radius 2 is 1.67 bits per heavy atom. The number of hydrogen-bond donors (Lipinski definition) is 1. The van der Waals surface area contributed by atoms with E-state index in [9.17, 15) is 22.8 Å². The summed E-state index contributed by atoms with van der Waals surface area (Å²) in [5, 5.41) is 7.56. The van der Waals surface area contributed by atoms with E-state index in [0.717, 1.165) is 28.5 Å². The number of para-hydroxylation sites is 1. The molecule has 0 fully saturated rings. The molecule has 36 heavy (non-hydrogen) atoms. The largest absolute Gasteiger partial charge is 0.488 e. The first-order valence-corrected chi connectivity index (χ1v) is 10.8. The van der Waals surface area contributed by atoms with Gasteiger partial charge in [-0.15, -0.1) is 0 Å². The maximum Gasteiger partial charge on any atom is 0.418 e. The normalized spacial score (nSPS) is 11.4. The molecule has 7 nitrogen and oxygen atoms in total. The van der Waals surface area contributed by atoms with Crippen LogP contribution < -0.4 is 10.1 Å². The van der Waals surface area contributed by atoms with Crippen LogP contribution in [-0.4, -0.2) is 23.6 Å². The second kappa shape index (κ2) is 10.1. The van der Waals surface area contributed by atoms with Gasteiger partial charge in [-0.1, -0.05) is 41.6 Å². The van der Waals surface area contributed by atoms with E-state index < -0.39 is 35.9 Å². The molecule has 186 valence electrons. The van der Waals surface area contributed by atoms with E-state index in [4.69, 9.17) is 14.0 Å². The number of benzene rings is 3. The number of carbonyl (C=O) groups is 2. The third-order valence-electron chi connectivity index (χ3n) is 5.46. The number of fused-ring (bicyclic) bond motifs is 1. The average Bonchev–Trinajstić information content (AvgIpc) is 3.17. The number of ether oxygens (including phenoxy) is 2. The zero-order valence-corrected chi connectivity index (χ0v) is 19.3. The molecule has 1 N–H and O–H groups in total. The van der Waals surface area contributed by atoms with Crippen molar-refractivity contribution >= 4 is 28.3 Å². The van der Waals surface area contributed by atoms with Crippen LogP contribution in [0.4, 0.5) is 18.9 Å². The third-order valence-corrected chi connectivity index (χ3v) is 5.46. The minimum absolute atomic E-state index is 0.0592. The lowest BCUT2D eigenvalue weighted by molar-refractivity contribution is -0.137. The summed E-state index contributed by atoms with van der Waals surface area (Å²) in [5.41, 5.74) is -0.00295. The summed E-state index contributed by atoms with van der Waals surface area (Å²) in [6.07, 6.45) is -4.65. The van der Waals surface area contributed by atoms with Gasteiger partial charge in [0.15, 0.2) is 6.61 Å². The fourth-order valence-electron chi connectivity index (χ4n) is 3.59. The van der Waals surface area contributed by atoms with Crippen LogP contribution in [0.2, 0.25) is 0 Å². The van der Waals surface area contributed by atoms with Crippen LogP contribution in [0.3, 0.4) is 0 Å². The van der Waals surface area contributed by atoms with Gasteiger partial charge >= 0.3 is 12.1 Å². The van der Waals surface area contributed by atoms with Crippen molar-refractivity contribution in [3.8, 4) is 5.75 Å². The first kappa shape index (κ1) is 24.8. The fourth-order valence-corrected chi connectivity index (χ4v) is 3.59. The molecule has 3 aromatic carbocycles. The van der Waals surface area contributed by atoms with Gasteiger partial charge in [-0.05, 0) is 48.9 Å². The number of nitrogens with one attached hydrogen (secondary N) is 1. The smallest absolute Gasteiger partial charge is 0.418 e. The number of nitrogens with zero attached hydrogens (tertiary/aromatic N) is 1. The number of aryl methyl sites for hydroxylation is 2. The third kappa shape index (κ3) is 5.48. The zero-order valence-electron chi connectivity index (χ0n) is 19.3. The number of esters is 1. The first-order chi connectivity index (χ1) is 17.1. The van der Waals surface area contributed by atoms with Crippen molar-refractivity contribution in [2.45, 2.75) is 26.6 Å². The van der Waals surface area contributed by atoms with Crippen LogP contribution in [0.1, 0.15) is 32.9 Å². The first-order valence-electron chi connectivity index (χ1n) is 10.8. The summed E-state index contributed by atoms with van der Waals surface area (Å²) in [6.45, 7) is 2.79. The van der Waals surface area contributed by atoms with Gasteiger partial charge in [0.2, 0.25) is 0 Å². The van der Waals surface area contributed by atoms with Crippen LogP contribution in [0, 0.1) is 13.8 Å². The Morgan fingerprint density at radius 1 is 1.00 bits per heavy atom. The highest BCUT2D eigenvalue weighted by Crippen LogP contribution is 2.34.